The predicted molar refractivity (Wildman–Crippen MR) is 139 cm³/mol. The number of hydrogen-bond donors (Lipinski definition) is 1. The van der Waals surface area contributed by atoms with Crippen molar-refractivity contribution in [2.75, 3.05) is 12.4 Å². The van der Waals surface area contributed by atoms with Crippen molar-refractivity contribution in [3.63, 3.8) is 0 Å². The number of nitrogens with one attached hydrogen (secondary N) is 1. The monoisotopic (exact) mass is 462 g/mol. The molecule has 0 spiro atoms. The van der Waals surface area contributed by atoms with Gasteiger partial charge in [0, 0.05) is 11.3 Å². The molecule has 4 rings (SSSR count). The molecule has 0 aliphatic rings. The van der Waals surface area contributed by atoms with Gasteiger partial charge in [0.1, 0.15) is 18.2 Å². The third kappa shape index (κ3) is 5.51. The number of rotatable bonds is 7. The molecule has 35 heavy (non-hydrogen) atoms. The quantitative estimate of drug-likeness (QED) is 0.248. The fourth-order valence-electron chi connectivity index (χ4n) is 3.92. The Bertz CT molecular complexity index is 1460. The number of carbonyl (C=O) groups excluding carboxylic acids is 1. The Hall–Kier alpha value is -4.56. The average Bonchev–Trinajstić information content (AvgIpc) is 2.87. The molecule has 0 aromatic heterocycles. The number of anilines is 1. The summed E-state index contributed by atoms with van der Waals surface area (Å²) in [5, 5.41) is 14.6. The van der Waals surface area contributed by atoms with Gasteiger partial charge in [-0.15, -0.1) is 0 Å². The standard InChI is InChI=1S/C30H26N2O3/c1-20-7-6-9-25(15-20)32-30(33)24(18-31)16-22-12-14-28(29(17-22)34-3)35-19-27-21(2)11-13-23-8-4-5-10-26(23)27/h4-17H,19H2,1-3H3,(H,32,33)/b24-16+. The molecule has 0 bridgehead atoms. The summed E-state index contributed by atoms with van der Waals surface area (Å²) >= 11 is 0. The lowest BCUT2D eigenvalue weighted by atomic mass is 10.0. The highest BCUT2D eigenvalue weighted by atomic mass is 16.5. The van der Waals surface area contributed by atoms with Gasteiger partial charge < -0.3 is 14.8 Å². The van der Waals surface area contributed by atoms with Crippen LogP contribution in [0, 0.1) is 25.2 Å². The van der Waals surface area contributed by atoms with E-state index in [1.54, 1.807) is 31.4 Å². The lowest BCUT2D eigenvalue weighted by Crippen LogP contribution is -2.13. The molecule has 0 radical (unpaired) electrons. The van der Waals surface area contributed by atoms with Crippen LogP contribution in [0.1, 0.15) is 22.3 Å². The molecule has 0 fully saturated rings. The molecular formula is C30H26N2O3. The Morgan fingerprint density at radius 1 is 0.971 bits per heavy atom. The van der Waals surface area contributed by atoms with E-state index < -0.39 is 5.91 Å². The SMILES string of the molecule is COc1cc(/C=C(\C#N)C(=O)Nc2cccc(C)c2)ccc1OCc1c(C)ccc2ccccc12. The van der Waals surface area contributed by atoms with Crippen LogP contribution in [0.5, 0.6) is 11.5 Å². The highest BCUT2D eigenvalue weighted by molar-refractivity contribution is 6.09. The maximum Gasteiger partial charge on any atom is 0.266 e. The number of methoxy groups -OCH3 is 1. The van der Waals surface area contributed by atoms with Crippen molar-refractivity contribution < 1.29 is 14.3 Å². The molecule has 4 aromatic carbocycles. The lowest BCUT2D eigenvalue weighted by molar-refractivity contribution is -0.112. The highest BCUT2D eigenvalue weighted by Crippen LogP contribution is 2.31. The number of ether oxygens (including phenoxy) is 2. The molecule has 4 aromatic rings. The summed E-state index contributed by atoms with van der Waals surface area (Å²) in [6.45, 7) is 4.40. The fraction of sp³-hybridized carbons (Fsp3) is 0.133. The molecule has 0 aliphatic heterocycles. The van der Waals surface area contributed by atoms with E-state index in [1.165, 1.54) is 6.08 Å². The number of nitriles is 1. The first-order valence-electron chi connectivity index (χ1n) is 11.3. The Labute approximate surface area is 205 Å². The molecule has 0 atom stereocenters. The van der Waals surface area contributed by atoms with Crippen LogP contribution in [0.25, 0.3) is 16.8 Å². The molecule has 0 saturated carbocycles. The molecule has 5 heteroatoms. The number of hydrogen-bond acceptors (Lipinski definition) is 4. The molecule has 5 nitrogen and oxygen atoms in total. The van der Waals surface area contributed by atoms with E-state index in [4.69, 9.17) is 9.47 Å². The first kappa shape index (κ1) is 23.6. The van der Waals surface area contributed by atoms with E-state index in [1.807, 2.05) is 43.3 Å². The fourth-order valence-corrected chi connectivity index (χ4v) is 3.92. The summed E-state index contributed by atoms with van der Waals surface area (Å²) in [6, 6.07) is 27.2. The van der Waals surface area contributed by atoms with Crippen LogP contribution >= 0.6 is 0 Å². The van der Waals surface area contributed by atoms with Crippen molar-refractivity contribution >= 4 is 28.4 Å². The van der Waals surface area contributed by atoms with E-state index in [0.717, 1.165) is 27.5 Å². The maximum atomic E-state index is 12.6. The summed E-state index contributed by atoms with van der Waals surface area (Å²) in [5.74, 6) is 0.636. The summed E-state index contributed by atoms with van der Waals surface area (Å²) in [7, 11) is 1.56. The van der Waals surface area contributed by atoms with Crippen LogP contribution in [-0.2, 0) is 11.4 Å². The van der Waals surface area contributed by atoms with Gasteiger partial charge in [-0.25, -0.2) is 0 Å². The Balaban J connectivity index is 1.54. The van der Waals surface area contributed by atoms with E-state index in [-0.39, 0.29) is 5.57 Å². The van der Waals surface area contributed by atoms with Gasteiger partial charge in [0.25, 0.3) is 5.91 Å². The Morgan fingerprint density at radius 2 is 1.80 bits per heavy atom. The van der Waals surface area contributed by atoms with Crippen molar-refractivity contribution in [2.45, 2.75) is 20.5 Å². The van der Waals surface area contributed by atoms with Crippen LogP contribution in [0.4, 0.5) is 5.69 Å². The third-order valence-corrected chi connectivity index (χ3v) is 5.79. The first-order valence-corrected chi connectivity index (χ1v) is 11.3. The second kappa shape index (κ2) is 10.6. The van der Waals surface area contributed by atoms with Crippen molar-refractivity contribution in [2.24, 2.45) is 0 Å². The number of amides is 1. The Kier molecular flexibility index (Phi) is 7.13. The predicted octanol–water partition coefficient (Wildman–Crippen LogP) is 6.59. The third-order valence-electron chi connectivity index (χ3n) is 5.79. The van der Waals surface area contributed by atoms with Gasteiger partial charge in [0.15, 0.2) is 11.5 Å². The molecular weight excluding hydrogens is 436 g/mol. The van der Waals surface area contributed by atoms with Crippen LogP contribution in [0.2, 0.25) is 0 Å². The number of aryl methyl sites for hydroxylation is 2. The molecule has 0 unspecified atom stereocenters. The van der Waals surface area contributed by atoms with Gasteiger partial charge >= 0.3 is 0 Å². The van der Waals surface area contributed by atoms with Crippen LogP contribution in [-0.4, -0.2) is 13.0 Å². The van der Waals surface area contributed by atoms with Crippen molar-refractivity contribution in [1.29, 1.82) is 5.26 Å². The minimum absolute atomic E-state index is 0.00592. The zero-order valence-corrected chi connectivity index (χ0v) is 20.0. The minimum atomic E-state index is -0.469. The van der Waals surface area contributed by atoms with Gasteiger partial charge in [-0.2, -0.15) is 5.26 Å². The molecule has 0 heterocycles. The largest absolute Gasteiger partial charge is 0.493 e. The molecule has 0 aliphatic carbocycles. The van der Waals surface area contributed by atoms with E-state index in [2.05, 4.69) is 36.5 Å². The number of nitrogens with zero attached hydrogens (tertiary/aromatic N) is 1. The maximum absolute atomic E-state index is 12.6. The smallest absolute Gasteiger partial charge is 0.266 e. The van der Waals surface area contributed by atoms with E-state index in [9.17, 15) is 10.1 Å². The van der Waals surface area contributed by atoms with Gasteiger partial charge in [-0.3, -0.25) is 4.79 Å². The second-order valence-corrected chi connectivity index (χ2v) is 8.27. The molecule has 1 N–H and O–H groups in total. The van der Waals surface area contributed by atoms with Crippen LogP contribution in [0.15, 0.2) is 84.4 Å². The highest BCUT2D eigenvalue weighted by Gasteiger charge is 2.12. The van der Waals surface area contributed by atoms with Crippen molar-refractivity contribution in [1.82, 2.24) is 0 Å². The van der Waals surface area contributed by atoms with Crippen molar-refractivity contribution in [3.8, 4) is 17.6 Å². The summed E-state index contributed by atoms with van der Waals surface area (Å²) in [6.07, 6.45) is 1.53. The molecule has 0 saturated heterocycles. The van der Waals surface area contributed by atoms with Gasteiger partial charge in [0.05, 0.1) is 7.11 Å². The van der Waals surface area contributed by atoms with Crippen LogP contribution < -0.4 is 14.8 Å². The molecule has 174 valence electrons. The average molecular weight is 463 g/mol. The summed E-state index contributed by atoms with van der Waals surface area (Å²) in [5.41, 5.74) is 4.58. The van der Waals surface area contributed by atoms with Gasteiger partial charge in [-0.05, 0) is 71.7 Å². The van der Waals surface area contributed by atoms with Gasteiger partial charge in [0.2, 0.25) is 0 Å². The number of benzene rings is 4. The minimum Gasteiger partial charge on any atom is -0.493 e. The van der Waals surface area contributed by atoms with E-state index >= 15 is 0 Å². The summed E-state index contributed by atoms with van der Waals surface area (Å²) in [4.78, 5) is 12.6. The number of fused-ring (bicyclic) bond motifs is 1. The van der Waals surface area contributed by atoms with Crippen molar-refractivity contribution in [3.05, 3.63) is 107 Å². The van der Waals surface area contributed by atoms with Crippen LogP contribution in [0.3, 0.4) is 0 Å². The second-order valence-electron chi connectivity index (χ2n) is 8.27. The lowest BCUT2D eigenvalue weighted by Gasteiger charge is -2.14. The topological polar surface area (TPSA) is 71.3 Å². The summed E-state index contributed by atoms with van der Waals surface area (Å²) < 4.78 is 11.7. The first-order chi connectivity index (χ1) is 17.0. The van der Waals surface area contributed by atoms with E-state index in [0.29, 0.717) is 29.4 Å². The zero-order valence-electron chi connectivity index (χ0n) is 20.0. The Morgan fingerprint density at radius 3 is 2.57 bits per heavy atom. The normalized spacial score (nSPS) is 11.1. The molecule has 1 amide bonds. The number of carbonyl (C=O) groups is 1. The van der Waals surface area contributed by atoms with Gasteiger partial charge in [-0.1, -0.05) is 54.6 Å². The zero-order chi connectivity index (χ0) is 24.8.